The zero-order valence-electron chi connectivity index (χ0n) is 40.3. The molecule has 4 fully saturated rings. The van der Waals surface area contributed by atoms with Crippen LogP contribution in [0.2, 0.25) is 0 Å². The van der Waals surface area contributed by atoms with Crippen molar-refractivity contribution in [1.82, 2.24) is 21.3 Å². The number of unbranched alkanes of at least 4 members (excludes halogenated alkanes) is 4. The van der Waals surface area contributed by atoms with Crippen LogP contribution < -0.4 is 21.3 Å². The fourth-order valence-electron chi connectivity index (χ4n) is 10.7. The summed E-state index contributed by atoms with van der Waals surface area (Å²) >= 11 is 0. The second kappa shape index (κ2) is 21.2. The van der Waals surface area contributed by atoms with Crippen LogP contribution in [0.1, 0.15) is 201 Å². The molecule has 4 aliphatic rings. The van der Waals surface area contributed by atoms with Crippen molar-refractivity contribution in [2.45, 2.75) is 284 Å². The third kappa shape index (κ3) is 16.5. The van der Waals surface area contributed by atoms with Crippen molar-refractivity contribution in [2.75, 3.05) is 6.61 Å². The quantitative estimate of drug-likeness (QED) is 0.0715. The minimum absolute atomic E-state index is 0.00568. The Labute approximate surface area is 353 Å². The van der Waals surface area contributed by atoms with Gasteiger partial charge in [-0.1, -0.05) is 81.1 Å². The van der Waals surface area contributed by atoms with Crippen molar-refractivity contribution < 1.29 is 18.9 Å². The summed E-state index contributed by atoms with van der Waals surface area (Å²) in [5, 5.41) is 15.7. The maximum Gasteiger partial charge on any atom is 0.184 e. The van der Waals surface area contributed by atoms with E-state index >= 15 is 0 Å². The van der Waals surface area contributed by atoms with Gasteiger partial charge in [0.1, 0.15) is 6.10 Å². The van der Waals surface area contributed by atoms with Gasteiger partial charge < -0.3 is 40.2 Å². The number of nitrogens with one attached hydrogen (secondary N) is 4. The highest BCUT2D eigenvalue weighted by Gasteiger charge is 2.43. The van der Waals surface area contributed by atoms with E-state index < -0.39 is 6.29 Å². The number of ether oxygens (including phenoxy) is 4. The highest BCUT2D eigenvalue weighted by molar-refractivity contribution is 4.98. The molecule has 4 aliphatic heterocycles. The van der Waals surface area contributed by atoms with Gasteiger partial charge in [0.25, 0.3) is 0 Å². The van der Waals surface area contributed by atoms with E-state index in [0.29, 0.717) is 53.9 Å². The molecule has 336 valence electrons. The van der Waals surface area contributed by atoms with E-state index in [4.69, 9.17) is 18.9 Å². The molecular formula is C49H96N4O4. The molecule has 0 amide bonds. The molecule has 0 radical (unpaired) electrons. The van der Waals surface area contributed by atoms with Crippen LogP contribution in [-0.4, -0.2) is 89.7 Å². The normalized spacial score (nSPS) is 33.9. The summed E-state index contributed by atoms with van der Waals surface area (Å²) in [4.78, 5) is 0. The number of hydrogen-bond acceptors (Lipinski definition) is 8. The zero-order chi connectivity index (χ0) is 42.3. The van der Waals surface area contributed by atoms with Gasteiger partial charge in [0.2, 0.25) is 0 Å². The molecule has 9 unspecified atom stereocenters. The minimum atomic E-state index is -0.392. The highest BCUT2D eigenvalue weighted by atomic mass is 16.7. The Balaban J connectivity index is 1.47. The van der Waals surface area contributed by atoms with Gasteiger partial charge in [0.15, 0.2) is 6.29 Å². The van der Waals surface area contributed by atoms with Crippen molar-refractivity contribution in [3.63, 3.8) is 0 Å². The summed E-state index contributed by atoms with van der Waals surface area (Å²) in [7, 11) is 0. The number of hydrogen-bond donors (Lipinski definition) is 4. The first-order valence-corrected chi connectivity index (χ1v) is 24.1. The average Bonchev–Trinajstić information content (AvgIpc) is 3.05. The van der Waals surface area contributed by atoms with Gasteiger partial charge in [-0.15, -0.1) is 0 Å². The van der Waals surface area contributed by atoms with Crippen LogP contribution in [0.15, 0.2) is 0 Å². The molecule has 0 spiro atoms. The molecule has 4 saturated heterocycles. The molecule has 8 heteroatoms. The molecule has 0 aromatic carbocycles. The van der Waals surface area contributed by atoms with Gasteiger partial charge in [-0.05, 0) is 143 Å². The van der Waals surface area contributed by atoms with Crippen LogP contribution in [-0.2, 0) is 18.9 Å². The summed E-state index contributed by atoms with van der Waals surface area (Å²) in [5.41, 5.74) is 0.174. The molecule has 4 rings (SSSR count). The van der Waals surface area contributed by atoms with Crippen molar-refractivity contribution in [1.29, 1.82) is 0 Å². The average molecular weight is 805 g/mol. The van der Waals surface area contributed by atoms with Gasteiger partial charge in [-0.2, -0.15) is 0 Å². The van der Waals surface area contributed by atoms with Crippen LogP contribution in [0, 0.1) is 23.7 Å². The van der Waals surface area contributed by atoms with Crippen LogP contribution in [0.3, 0.4) is 0 Å². The summed E-state index contributed by atoms with van der Waals surface area (Å²) in [6, 6.07) is 1.80. The zero-order valence-corrected chi connectivity index (χ0v) is 40.3. The van der Waals surface area contributed by atoms with Gasteiger partial charge in [-0.3, -0.25) is 0 Å². The molecule has 4 heterocycles. The summed E-state index contributed by atoms with van der Waals surface area (Å²) in [6.45, 7) is 38.3. The van der Waals surface area contributed by atoms with Crippen molar-refractivity contribution in [3.05, 3.63) is 0 Å². The Hall–Kier alpha value is -0.320. The topological polar surface area (TPSA) is 85.0 Å². The highest BCUT2D eigenvalue weighted by Crippen LogP contribution is 2.36. The Bertz CT molecular complexity index is 1130. The lowest BCUT2D eigenvalue weighted by Crippen LogP contribution is -2.59. The first-order valence-electron chi connectivity index (χ1n) is 24.1. The Kier molecular flexibility index (Phi) is 18.3. The lowest BCUT2D eigenvalue weighted by atomic mass is 9.82. The van der Waals surface area contributed by atoms with E-state index in [1.54, 1.807) is 0 Å². The molecule has 0 aliphatic carbocycles. The first kappa shape index (κ1) is 49.3. The van der Waals surface area contributed by atoms with Crippen molar-refractivity contribution >= 4 is 0 Å². The van der Waals surface area contributed by atoms with Crippen LogP contribution in [0.5, 0.6) is 0 Å². The predicted molar refractivity (Wildman–Crippen MR) is 240 cm³/mol. The van der Waals surface area contributed by atoms with Crippen LogP contribution in [0.4, 0.5) is 0 Å². The lowest BCUT2D eigenvalue weighted by molar-refractivity contribution is -0.268. The Morgan fingerprint density at radius 2 is 0.737 bits per heavy atom. The SMILES string of the molecule is CC(C)C1CC(OCCCCCCCC(OC2CC(C(C)C)NC(C)(C)C2)C(OC2CC(C(C)C)NC(C)(C)C2)OC2CC(C(C)C)NC(C)(C)C2)CC(C)(C)N1. The largest absolute Gasteiger partial charge is 0.378 e. The van der Waals surface area contributed by atoms with Gasteiger partial charge in [0, 0.05) is 52.9 Å². The predicted octanol–water partition coefficient (Wildman–Crippen LogP) is 10.3. The molecule has 8 nitrogen and oxygen atoms in total. The van der Waals surface area contributed by atoms with E-state index in [9.17, 15) is 0 Å². The molecule has 4 N–H and O–H groups in total. The maximum atomic E-state index is 7.41. The van der Waals surface area contributed by atoms with E-state index in [2.05, 4.69) is 132 Å². The third-order valence-electron chi connectivity index (χ3n) is 13.9. The summed E-state index contributed by atoms with van der Waals surface area (Å²) in [6.07, 6.45) is 15.3. The van der Waals surface area contributed by atoms with E-state index in [1.807, 2.05) is 0 Å². The van der Waals surface area contributed by atoms with Crippen LogP contribution in [0.25, 0.3) is 0 Å². The van der Waals surface area contributed by atoms with Crippen molar-refractivity contribution in [3.8, 4) is 0 Å². The molecule has 0 bridgehead atoms. The third-order valence-corrected chi connectivity index (χ3v) is 13.9. The van der Waals surface area contributed by atoms with E-state index in [-0.39, 0.29) is 46.6 Å². The lowest BCUT2D eigenvalue weighted by Gasteiger charge is -2.48. The second-order valence-electron chi connectivity index (χ2n) is 23.5. The second-order valence-corrected chi connectivity index (χ2v) is 23.5. The number of rotatable bonds is 20. The minimum Gasteiger partial charge on any atom is -0.378 e. The standard InChI is InChI=1S/C49H96N4O4/c1-32(2)40-24-36(28-46(9,10)50-40)54-23-21-19-17-18-20-22-44(55-37-25-41(33(3)4)51-47(11,12)29-37)45(56-38-26-42(34(5)6)52-48(13,14)30-38)57-39-27-43(35(7)8)53-49(15,16)31-39/h32-45,50-53H,17-31H2,1-16H3. The van der Waals surface area contributed by atoms with Gasteiger partial charge in [-0.25, -0.2) is 0 Å². The van der Waals surface area contributed by atoms with Gasteiger partial charge in [0.05, 0.1) is 24.4 Å². The van der Waals surface area contributed by atoms with E-state index in [1.165, 1.54) is 19.3 Å². The fourth-order valence-corrected chi connectivity index (χ4v) is 10.7. The fraction of sp³-hybridized carbons (Fsp3) is 1.00. The maximum absolute atomic E-state index is 7.41. The monoisotopic (exact) mass is 805 g/mol. The Morgan fingerprint density at radius 1 is 0.421 bits per heavy atom. The first-order chi connectivity index (χ1) is 26.4. The van der Waals surface area contributed by atoms with E-state index in [0.717, 1.165) is 77.2 Å². The smallest absolute Gasteiger partial charge is 0.184 e. The number of piperidine rings is 4. The summed E-state index contributed by atoms with van der Waals surface area (Å²) in [5.74, 6) is 2.26. The van der Waals surface area contributed by atoms with Gasteiger partial charge >= 0.3 is 0 Å². The molecule has 0 saturated carbocycles. The molecule has 9 atom stereocenters. The Morgan fingerprint density at radius 3 is 1.12 bits per heavy atom. The van der Waals surface area contributed by atoms with Crippen molar-refractivity contribution in [2.24, 2.45) is 23.7 Å². The molecular weight excluding hydrogens is 709 g/mol. The van der Waals surface area contributed by atoms with Crippen LogP contribution >= 0.6 is 0 Å². The molecule has 0 aromatic rings. The molecule has 57 heavy (non-hydrogen) atoms. The summed E-state index contributed by atoms with van der Waals surface area (Å²) < 4.78 is 28.7. The molecule has 0 aromatic heterocycles.